The summed E-state index contributed by atoms with van der Waals surface area (Å²) in [7, 11) is 4.39. The number of likely N-dealkylation sites (tertiary alicyclic amines) is 1. The van der Waals surface area contributed by atoms with Crippen molar-refractivity contribution in [2.75, 3.05) is 63.2 Å². The molecule has 0 bridgehead atoms. The molecule has 2 aromatic carbocycles. The lowest BCUT2D eigenvalue weighted by Gasteiger charge is -2.35. The van der Waals surface area contributed by atoms with E-state index in [0.29, 0.717) is 0 Å². The van der Waals surface area contributed by atoms with Crippen LogP contribution in [0.25, 0.3) is 12.2 Å². The first-order valence-corrected chi connectivity index (χ1v) is 12.3. The van der Waals surface area contributed by atoms with E-state index in [1.165, 1.54) is 11.4 Å². The molecule has 176 valence electrons. The van der Waals surface area contributed by atoms with Gasteiger partial charge in [0.1, 0.15) is 13.1 Å². The molecule has 0 saturated carbocycles. The molecule has 1 fully saturated rings. The minimum atomic E-state index is 0.174. The number of carbonyl (C=O) groups excluding carboxylic acids is 1. The maximum Gasteiger partial charge on any atom is 0.196 e. The van der Waals surface area contributed by atoms with Crippen LogP contribution in [0.4, 0.5) is 11.4 Å². The van der Waals surface area contributed by atoms with Crippen molar-refractivity contribution >= 4 is 29.3 Å². The monoisotopic (exact) mass is 446 g/mol. The molecule has 33 heavy (non-hydrogen) atoms. The molecule has 0 amide bonds. The van der Waals surface area contributed by atoms with Crippen LogP contribution in [0.1, 0.15) is 38.8 Å². The minimum absolute atomic E-state index is 0.174. The molecular formula is C29H40N3O+. The number of likely N-dealkylation sites (N-methyl/N-ethyl adjacent to an activating group) is 1. The van der Waals surface area contributed by atoms with Crippen LogP contribution in [0.3, 0.4) is 0 Å². The number of Topliss-reactive ketones (excluding diaryl/α,β-unsaturated/α-hetero) is 1. The maximum absolute atomic E-state index is 13.4. The van der Waals surface area contributed by atoms with Gasteiger partial charge in [0, 0.05) is 37.6 Å². The summed E-state index contributed by atoms with van der Waals surface area (Å²) in [6.07, 6.45) is 4.15. The van der Waals surface area contributed by atoms with Gasteiger partial charge in [0.2, 0.25) is 0 Å². The van der Waals surface area contributed by atoms with Crippen LogP contribution < -0.4 is 9.80 Å². The molecule has 1 aliphatic rings. The van der Waals surface area contributed by atoms with Gasteiger partial charge in [-0.3, -0.25) is 4.79 Å². The van der Waals surface area contributed by atoms with Crippen molar-refractivity contribution in [1.29, 1.82) is 0 Å². The lowest BCUT2D eigenvalue weighted by Crippen LogP contribution is -2.48. The van der Waals surface area contributed by atoms with Gasteiger partial charge in [0.25, 0.3) is 0 Å². The average molecular weight is 447 g/mol. The predicted molar refractivity (Wildman–Crippen MR) is 143 cm³/mol. The van der Waals surface area contributed by atoms with Crippen LogP contribution in [0.15, 0.2) is 59.7 Å². The van der Waals surface area contributed by atoms with Crippen LogP contribution in [0, 0.1) is 0 Å². The van der Waals surface area contributed by atoms with Gasteiger partial charge < -0.3 is 14.3 Å². The number of benzene rings is 2. The van der Waals surface area contributed by atoms with Crippen LogP contribution in [0.5, 0.6) is 0 Å². The van der Waals surface area contributed by atoms with Crippen molar-refractivity contribution in [3.05, 3.63) is 70.8 Å². The number of hydrogen-bond acceptors (Lipinski definition) is 3. The molecule has 0 N–H and O–H groups in total. The smallest absolute Gasteiger partial charge is 0.196 e. The van der Waals surface area contributed by atoms with E-state index in [9.17, 15) is 4.79 Å². The fourth-order valence-electron chi connectivity index (χ4n) is 4.69. The molecule has 3 rings (SSSR count). The van der Waals surface area contributed by atoms with Crippen molar-refractivity contribution < 1.29 is 9.28 Å². The van der Waals surface area contributed by atoms with E-state index in [2.05, 4.69) is 112 Å². The molecule has 0 spiro atoms. The van der Waals surface area contributed by atoms with E-state index in [1.54, 1.807) is 0 Å². The third-order valence-corrected chi connectivity index (χ3v) is 6.51. The highest BCUT2D eigenvalue weighted by molar-refractivity contribution is 6.14. The Balaban J connectivity index is 1.86. The molecule has 0 unspecified atom stereocenters. The Hall–Kier alpha value is -2.85. The van der Waals surface area contributed by atoms with Gasteiger partial charge in [0.15, 0.2) is 5.78 Å². The highest BCUT2D eigenvalue weighted by Gasteiger charge is 2.33. The van der Waals surface area contributed by atoms with Crippen molar-refractivity contribution in [2.24, 2.45) is 0 Å². The number of anilines is 2. The second-order valence-corrected chi connectivity index (χ2v) is 9.45. The highest BCUT2D eigenvalue weighted by Crippen LogP contribution is 2.26. The zero-order valence-corrected chi connectivity index (χ0v) is 21.3. The summed E-state index contributed by atoms with van der Waals surface area (Å²) in [4.78, 5) is 18.1. The van der Waals surface area contributed by atoms with Crippen molar-refractivity contribution in [2.45, 2.75) is 27.7 Å². The van der Waals surface area contributed by atoms with Crippen molar-refractivity contribution in [1.82, 2.24) is 0 Å². The third-order valence-electron chi connectivity index (χ3n) is 6.51. The van der Waals surface area contributed by atoms with Gasteiger partial charge in [-0.05, 0) is 75.2 Å². The van der Waals surface area contributed by atoms with E-state index in [4.69, 9.17) is 0 Å². The highest BCUT2D eigenvalue weighted by atomic mass is 16.1. The summed E-state index contributed by atoms with van der Waals surface area (Å²) in [6, 6.07) is 17.1. The average Bonchev–Trinajstić information content (AvgIpc) is 2.80. The Kier molecular flexibility index (Phi) is 8.15. The molecule has 1 heterocycles. The lowest BCUT2D eigenvalue weighted by atomic mass is 9.93. The number of rotatable bonds is 8. The van der Waals surface area contributed by atoms with E-state index in [1.807, 2.05) is 0 Å². The summed E-state index contributed by atoms with van der Waals surface area (Å²) < 4.78 is 0.776. The van der Waals surface area contributed by atoms with Crippen LogP contribution in [-0.2, 0) is 4.79 Å². The van der Waals surface area contributed by atoms with Crippen LogP contribution >= 0.6 is 0 Å². The van der Waals surface area contributed by atoms with E-state index in [-0.39, 0.29) is 5.78 Å². The van der Waals surface area contributed by atoms with E-state index < -0.39 is 0 Å². The molecule has 4 heteroatoms. The Bertz CT molecular complexity index is 913. The molecule has 0 radical (unpaired) electrons. The van der Waals surface area contributed by atoms with Crippen molar-refractivity contribution in [3.8, 4) is 0 Å². The number of nitrogens with zero attached hydrogens (tertiary/aromatic N) is 3. The number of ketones is 1. The summed E-state index contributed by atoms with van der Waals surface area (Å²) in [5.74, 6) is 0.174. The van der Waals surface area contributed by atoms with E-state index in [0.717, 1.165) is 66.0 Å². The molecule has 0 atom stereocenters. The molecule has 2 aromatic rings. The Morgan fingerprint density at radius 2 is 1.00 bits per heavy atom. The first kappa shape index (κ1) is 24.8. The summed E-state index contributed by atoms with van der Waals surface area (Å²) in [5, 5.41) is 0. The summed E-state index contributed by atoms with van der Waals surface area (Å²) in [6.45, 7) is 14.1. The number of carbonyl (C=O) groups is 1. The van der Waals surface area contributed by atoms with Gasteiger partial charge in [-0.2, -0.15) is 0 Å². The topological polar surface area (TPSA) is 23.6 Å². The lowest BCUT2D eigenvalue weighted by molar-refractivity contribution is -0.881. The molecule has 4 nitrogen and oxygen atoms in total. The fourth-order valence-corrected chi connectivity index (χ4v) is 4.69. The predicted octanol–water partition coefficient (Wildman–Crippen LogP) is 5.51. The summed E-state index contributed by atoms with van der Waals surface area (Å²) in [5.41, 5.74) is 6.38. The van der Waals surface area contributed by atoms with Gasteiger partial charge in [-0.25, -0.2) is 0 Å². The summed E-state index contributed by atoms with van der Waals surface area (Å²) >= 11 is 0. The fraction of sp³-hybridized carbons (Fsp3) is 0.414. The van der Waals surface area contributed by atoms with Gasteiger partial charge in [-0.15, -0.1) is 0 Å². The normalized spacial score (nSPS) is 18.1. The first-order chi connectivity index (χ1) is 15.8. The largest absolute Gasteiger partial charge is 0.372 e. The van der Waals surface area contributed by atoms with Gasteiger partial charge >= 0.3 is 0 Å². The zero-order valence-electron chi connectivity index (χ0n) is 21.3. The second-order valence-electron chi connectivity index (χ2n) is 9.45. The third kappa shape index (κ3) is 6.14. The van der Waals surface area contributed by atoms with Crippen LogP contribution in [-0.4, -0.2) is 63.6 Å². The standard InChI is InChI=1S/C29H40N3O/c1-7-30(8-2)27-15-11-23(12-16-27)19-25-21-32(5,6)22-26(29(25)33)20-24-13-17-28(18-14-24)31(9-3)10-4/h11-20H,7-10,21-22H2,1-6H3/q+1/b25-19-,26-20+. The minimum Gasteiger partial charge on any atom is -0.372 e. The van der Waals surface area contributed by atoms with Crippen molar-refractivity contribution in [3.63, 3.8) is 0 Å². The van der Waals surface area contributed by atoms with Gasteiger partial charge in [0.05, 0.1) is 25.2 Å². The number of piperidine rings is 1. The molecule has 0 aliphatic carbocycles. The maximum atomic E-state index is 13.4. The zero-order chi connectivity index (χ0) is 24.0. The Morgan fingerprint density at radius 1 is 0.667 bits per heavy atom. The van der Waals surface area contributed by atoms with Gasteiger partial charge in [-0.1, -0.05) is 24.3 Å². The van der Waals surface area contributed by atoms with E-state index >= 15 is 0 Å². The molecular weight excluding hydrogens is 406 g/mol. The molecule has 0 aromatic heterocycles. The quantitative estimate of drug-likeness (QED) is 0.395. The molecule has 1 saturated heterocycles. The first-order valence-electron chi connectivity index (χ1n) is 12.3. The number of quaternary nitrogens is 1. The Morgan fingerprint density at radius 3 is 1.30 bits per heavy atom. The Labute approximate surface area is 200 Å². The SMILES string of the molecule is CCN(CC)c1ccc(/C=C2/C[N+](C)(C)C/C(=C\c3ccc(N(CC)CC)cc3)C2=O)cc1. The van der Waals surface area contributed by atoms with Crippen LogP contribution in [0.2, 0.25) is 0 Å². The number of hydrogen-bond donors (Lipinski definition) is 0. The second kappa shape index (κ2) is 10.8. The molecule has 1 aliphatic heterocycles.